The van der Waals surface area contributed by atoms with Crippen LogP contribution in [0.15, 0.2) is 0 Å². The van der Waals surface area contributed by atoms with Gasteiger partial charge in [0.25, 0.3) is 0 Å². The number of rotatable bonds is 7. The second-order valence-corrected chi connectivity index (χ2v) is 3.72. The molecule has 0 aromatic rings. The molecule has 2 N–H and O–H groups in total. The van der Waals surface area contributed by atoms with Crippen LogP contribution >= 0.6 is 0 Å². The molecule has 0 aliphatic heterocycles. The van der Waals surface area contributed by atoms with E-state index in [1.165, 1.54) is 0 Å². The molecule has 14 heavy (non-hydrogen) atoms. The van der Waals surface area contributed by atoms with Crippen molar-refractivity contribution in [2.75, 3.05) is 19.8 Å². The van der Waals surface area contributed by atoms with Crippen LogP contribution in [0.1, 0.15) is 27.2 Å². The Morgan fingerprint density at radius 2 is 2.14 bits per heavy atom. The Labute approximate surface area is 85.6 Å². The summed E-state index contributed by atoms with van der Waals surface area (Å²) in [5.74, 6) is 0.267. The monoisotopic (exact) mass is 203 g/mol. The Kier molecular flexibility index (Phi) is 7.42. The van der Waals surface area contributed by atoms with Crippen molar-refractivity contribution < 1.29 is 14.6 Å². The van der Waals surface area contributed by atoms with E-state index < -0.39 is 6.10 Å². The maximum Gasteiger partial charge on any atom is 0.246 e. The lowest BCUT2D eigenvalue weighted by molar-refractivity contribution is -0.126. The van der Waals surface area contributed by atoms with E-state index in [1.54, 1.807) is 0 Å². The van der Waals surface area contributed by atoms with Gasteiger partial charge in [0.2, 0.25) is 5.91 Å². The molecule has 0 aromatic heterocycles. The van der Waals surface area contributed by atoms with E-state index in [2.05, 4.69) is 5.32 Å². The quantitative estimate of drug-likeness (QED) is 0.635. The zero-order valence-electron chi connectivity index (χ0n) is 9.25. The molecule has 0 fully saturated rings. The van der Waals surface area contributed by atoms with Crippen LogP contribution in [0.5, 0.6) is 0 Å². The van der Waals surface area contributed by atoms with E-state index >= 15 is 0 Å². The van der Waals surface area contributed by atoms with Gasteiger partial charge in [-0.05, 0) is 19.3 Å². The van der Waals surface area contributed by atoms with Gasteiger partial charge in [0.05, 0.1) is 6.10 Å². The van der Waals surface area contributed by atoms with Crippen LogP contribution < -0.4 is 5.32 Å². The van der Waals surface area contributed by atoms with Crippen molar-refractivity contribution in [2.45, 2.75) is 33.3 Å². The van der Waals surface area contributed by atoms with Gasteiger partial charge in [0, 0.05) is 13.2 Å². The first-order valence-corrected chi connectivity index (χ1v) is 5.08. The molecule has 0 aliphatic rings. The number of hydrogen-bond acceptors (Lipinski definition) is 3. The van der Waals surface area contributed by atoms with Crippen molar-refractivity contribution in [1.82, 2.24) is 5.32 Å². The molecule has 84 valence electrons. The highest BCUT2D eigenvalue weighted by Gasteiger charge is 2.08. The number of amides is 1. The molecule has 0 heterocycles. The highest BCUT2D eigenvalue weighted by Crippen LogP contribution is 2.02. The number of aliphatic hydroxyl groups excluding tert-OH is 1. The average molecular weight is 203 g/mol. The fourth-order valence-electron chi connectivity index (χ4n) is 1.10. The standard InChI is InChI=1S/C10H21NO3/c1-4-14-7-10(13)11-6-9(12)5-8(2)3/h8-9,12H,4-7H2,1-3H3,(H,11,13). The highest BCUT2D eigenvalue weighted by atomic mass is 16.5. The van der Waals surface area contributed by atoms with Crippen LogP contribution in [-0.2, 0) is 9.53 Å². The number of nitrogens with one attached hydrogen (secondary N) is 1. The van der Waals surface area contributed by atoms with Crippen LogP contribution in [0.2, 0.25) is 0 Å². The minimum Gasteiger partial charge on any atom is -0.391 e. The van der Waals surface area contributed by atoms with Crippen molar-refractivity contribution in [3.63, 3.8) is 0 Å². The number of ether oxygens (including phenoxy) is 1. The first-order chi connectivity index (χ1) is 6.56. The van der Waals surface area contributed by atoms with Gasteiger partial charge in [-0.3, -0.25) is 4.79 Å². The average Bonchev–Trinajstić information content (AvgIpc) is 2.10. The molecule has 0 saturated carbocycles. The van der Waals surface area contributed by atoms with Crippen molar-refractivity contribution in [3.8, 4) is 0 Å². The van der Waals surface area contributed by atoms with Gasteiger partial charge < -0.3 is 15.2 Å². The normalized spacial score (nSPS) is 12.9. The molecule has 0 saturated heterocycles. The molecular formula is C10H21NO3. The van der Waals surface area contributed by atoms with Gasteiger partial charge in [-0.25, -0.2) is 0 Å². The molecule has 0 bridgehead atoms. The predicted octanol–water partition coefficient (Wildman–Crippen LogP) is 0.546. The second kappa shape index (κ2) is 7.76. The van der Waals surface area contributed by atoms with Crippen LogP contribution in [0, 0.1) is 5.92 Å². The van der Waals surface area contributed by atoms with E-state index in [0.29, 0.717) is 25.5 Å². The highest BCUT2D eigenvalue weighted by molar-refractivity contribution is 5.77. The van der Waals surface area contributed by atoms with Crippen molar-refractivity contribution in [2.24, 2.45) is 5.92 Å². The lowest BCUT2D eigenvalue weighted by Crippen LogP contribution is -2.35. The summed E-state index contributed by atoms with van der Waals surface area (Å²) in [6.45, 7) is 6.81. The Bertz CT molecular complexity index is 159. The van der Waals surface area contributed by atoms with Gasteiger partial charge in [-0.2, -0.15) is 0 Å². The Balaban J connectivity index is 3.45. The Morgan fingerprint density at radius 1 is 1.50 bits per heavy atom. The van der Waals surface area contributed by atoms with Gasteiger partial charge in [-0.15, -0.1) is 0 Å². The Hall–Kier alpha value is -0.610. The largest absolute Gasteiger partial charge is 0.391 e. The number of carbonyl (C=O) groups is 1. The summed E-state index contributed by atoms with van der Waals surface area (Å²) in [4.78, 5) is 11.0. The first kappa shape index (κ1) is 13.4. The van der Waals surface area contributed by atoms with E-state index in [9.17, 15) is 9.90 Å². The number of aliphatic hydroxyl groups is 1. The number of carbonyl (C=O) groups excluding carboxylic acids is 1. The molecular weight excluding hydrogens is 182 g/mol. The minimum absolute atomic E-state index is 0.0743. The SMILES string of the molecule is CCOCC(=O)NCC(O)CC(C)C. The van der Waals surface area contributed by atoms with Gasteiger partial charge in [0.1, 0.15) is 6.61 Å². The van der Waals surface area contributed by atoms with Crippen molar-refractivity contribution >= 4 is 5.91 Å². The molecule has 1 unspecified atom stereocenters. The topological polar surface area (TPSA) is 58.6 Å². The number of hydrogen-bond donors (Lipinski definition) is 2. The summed E-state index contributed by atoms with van der Waals surface area (Å²) in [6.07, 6.45) is 0.245. The van der Waals surface area contributed by atoms with E-state index in [1.807, 2.05) is 20.8 Å². The van der Waals surface area contributed by atoms with Crippen LogP contribution in [0.25, 0.3) is 0 Å². The molecule has 1 amide bonds. The second-order valence-electron chi connectivity index (χ2n) is 3.72. The van der Waals surface area contributed by atoms with Gasteiger partial charge >= 0.3 is 0 Å². The summed E-state index contributed by atoms with van der Waals surface area (Å²) in [6, 6.07) is 0. The van der Waals surface area contributed by atoms with E-state index in [0.717, 1.165) is 0 Å². The van der Waals surface area contributed by atoms with Crippen LogP contribution in [0.4, 0.5) is 0 Å². The van der Waals surface area contributed by atoms with Crippen LogP contribution in [-0.4, -0.2) is 36.9 Å². The Morgan fingerprint density at radius 3 is 2.64 bits per heavy atom. The molecule has 0 radical (unpaired) electrons. The molecule has 0 aliphatic carbocycles. The lowest BCUT2D eigenvalue weighted by Gasteiger charge is -2.13. The third-order valence-corrected chi connectivity index (χ3v) is 1.72. The minimum atomic E-state index is -0.458. The van der Waals surface area contributed by atoms with Crippen molar-refractivity contribution in [3.05, 3.63) is 0 Å². The van der Waals surface area contributed by atoms with Gasteiger partial charge in [-0.1, -0.05) is 13.8 Å². The molecule has 1 atom stereocenters. The molecule has 0 spiro atoms. The molecule has 4 nitrogen and oxygen atoms in total. The summed E-state index contributed by atoms with van der Waals surface area (Å²) in [5, 5.41) is 12.0. The third kappa shape index (κ3) is 8.01. The summed E-state index contributed by atoms with van der Waals surface area (Å²) in [7, 11) is 0. The zero-order valence-corrected chi connectivity index (χ0v) is 9.25. The van der Waals surface area contributed by atoms with E-state index in [-0.39, 0.29) is 12.5 Å². The predicted molar refractivity (Wildman–Crippen MR) is 55.0 cm³/mol. The van der Waals surface area contributed by atoms with E-state index in [4.69, 9.17) is 4.74 Å². The fourth-order valence-corrected chi connectivity index (χ4v) is 1.10. The zero-order chi connectivity index (χ0) is 11.0. The lowest BCUT2D eigenvalue weighted by atomic mass is 10.1. The molecule has 0 aromatic carbocycles. The van der Waals surface area contributed by atoms with Gasteiger partial charge in [0.15, 0.2) is 0 Å². The molecule has 0 rings (SSSR count). The summed E-state index contributed by atoms with van der Waals surface area (Å²) in [5.41, 5.74) is 0. The third-order valence-electron chi connectivity index (χ3n) is 1.72. The fraction of sp³-hybridized carbons (Fsp3) is 0.900. The summed E-state index contributed by atoms with van der Waals surface area (Å²) < 4.78 is 4.91. The maximum atomic E-state index is 11.0. The maximum absolute atomic E-state index is 11.0. The first-order valence-electron chi connectivity index (χ1n) is 5.08. The van der Waals surface area contributed by atoms with Crippen molar-refractivity contribution in [1.29, 1.82) is 0 Å². The summed E-state index contributed by atoms with van der Waals surface area (Å²) >= 11 is 0. The van der Waals surface area contributed by atoms with Crippen LogP contribution in [0.3, 0.4) is 0 Å². The smallest absolute Gasteiger partial charge is 0.246 e. The molecule has 4 heteroatoms.